The third kappa shape index (κ3) is 5.12. The molecule has 0 spiro atoms. The van der Waals surface area contributed by atoms with Gasteiger partial charge >= 0.3 is 12.3 Å². The molecule has 0 fully saturated rings. The van der Waals surface area contributed by atoms with Crippen LogP contribution in [-0.4, -0.2) is 40.4 Å². The number of carboxylic acid groups (broad SMARTS) is 1. The Morgan fingerprint density at radius 2 is 1.80 bits per heavy atom. The molecule has 1 atom stereocenters. The number of aliphatic carboxylic acids is 1. The van der Waals surface area contributed by atoms with Gasteiger partial charge in [0.05, 0.1) is 18.0 Å². The molecule has 8 nitrogen and oxygen atoms in total. The molecular weight excluding hydrogens is 536 g/mol. The van der Waals surface area contributed by atoms with Gasteiger partial charge in [-0.05, 0) is 55.8 Å². The minimum atomic E-state index is -4.89. The van der Waals surface area contributed by atoms with Gasteiger partial charge in [0, 0.05) is 35.3 Å². The highest BCUT2D eigenvalue weighted by atomic mass is 19.4. The number of aromatic nitrogens is 2. The Labute approximate surface area is 224 Å². The fourth-order valence-corrected chi connectivity index (χ4v) is 4.54. The van der Waals surface area contributed by atoms with Crippen molar-refractivity contribution in [2.45, 2.75) is 32.9 Å². The molecule has 1 N–H and O–H groups in total. The van der Waals surface area contributed by atoms with Crippen molar-refractivity contribution in [3.05, 3.63) is 71.7 Å². The number of hydrogen-bond donors (Lipinski definition) is 1. The number of ether oxygens (including phenoxy) is 3. The summed E-state index contributed by atoms with van der Waals surface area (Å²) >= 11 is 0. The largest absolute Gasteiger partial charge is 0.573 e. The Bertz CT molecular complexity index is 1740. The van der Waals surface area contributed by atoms with E-state index in [2.05, 4.69) is 9.89 Å². The first-order chi connectivity index (χ1) is 18.9. The Hall–Kier alpha value is -4.74. The minimum Gasteiger partial charge on any atom is -0.497 e. The predicted octanol–water partition coefficient (Wildman–Crippen LogP) is 6.70. The second-order valence-corrected chi connectivity index (χ2v) is 9.03. The summed E-state index contributed by atoms with van der Waals surface area (Å²) in [6.45, 7) is 3.13. The van der Waals surface area contributed by atoms with E-state index < -0.39 is 30.0 Å². The average molecular weight is 558 g/mol. The monoisotopic (exact) mass is 558 g/mol. The number of nitrogens with zero attached hydrogens (tertiary/aromatic N) is 2. The summed E-state index contributed by atoms with van der Waals surface area (Å²) in [5, 5.41) is 14.6. The molecule has 208 valence electrons. The fourth-order valence-electron chi connectivity index (χ4n) is 4.54. The molecule has 2 aromatic heterocycles. The number of fused-ring (bicyclic) bond motifs is 2. The number of carbonyl (C=O) groups is 1. The lowest BCUT2D eigenvalue weighted by Gasteiger charge is -2.14. The maximum Gasteiger partial charge on any atom is 0.573 e. The quantitative estimate of drug-likeness (QED) is 0.212. The van der Waals surface area contributed by atoms with Gasteiger partial charge < -0.3 is 28.4 Å². The molecule has 0 saturated carbocycles. The number of alkyl halides is 3. The summed E-state index contributed by atoms with van der Waals surface area (Å²) in [6.07, 6.45) is -6.19. The van der Waals surface area contributed by atoms with Crippen molar-refractivity contribution < 1.29 is 46.2 Å². The first-order valence-electron chi connectivity index (χ1n) is 12.0. The molecule has 40 heavy (non-hydrogen) atoms. The summed E-state index contributed by atoms with van der Waals surface area (Å²) in [5.41, 5.74) is 3.09. The fraction of sp³-hybridized carbons (Fsp3) is 0.214. The van der Waals surface area contributed by atoms with Crippen LogP contribution < -0.4 is 14.2 Å². The molecule has 0 saturated heterocycles. The number of halogens is 4. The van der Waals surface area contributed by atoms with Crippen molar-refractivity contribution in [1.29, 1.82) is 0 Å². The Morgan fingerprint density at radius 3 is 2.50 bits per heavy atom. The van der Waals surface area contributed by atoms with Crippen LogP contribution in [-0.2, 0) is 11.3 Å². The second kappa shape index (κ2) is 10.1. The van der Waals surface area contributed by atoms with Crippen LogP contribution in [0, 0.1) is 12.7 Å². The molecule has 12 heteroatoms. The minimum absolute atomic E-state index is 0.0828. The van der Waals surface area contributed by atoms with Crippen LogP contribution in [0.4, 0.5) is 17.6 Å². The molecule has 0 bridgehead atoms. The van der Waals surface area contributed by atoms with E-state index in [1.54, 1.807) is 29.7 Å². The molecule has 5 aromatic rings. The Kier molecular flexibility index (Phi) is 6.78. The lowest BCUT2D eigenvalue weighted by molar-refractivity contribution is -0.274. The van der Waals surface area contributed by atoms with Crippen LogP contribution >= 0.6 is 0 Å². The second-order valence-electron chi connectivity index (χ2n) is 9.03. The van der Waals surface area contributed by atoms with Gasteiger partial charge in [0.15, 0.2) is 23.3 Å². The van der Waals surface area contributed by atoms with Gasteiger partial charge in [-0.1, -0.05) is 11.2 Å². The summed E-state index contributed by atoms with van der Waals surface area (Å²) in [4.78, 5) is 11.2. The molecule has 0 unspecified atom stereocenters. The molecule has 0 amide bonds. The van der Waals surface area contributed by atoms with Crippen molar-refractivity contribution in [3.63, 3.8) is 0 Å². The molecule has 5 rings (SSSR count). The van der Waals surface area contributed by atoms with E-state index in [9.17, 15) is 22.4 Å². The number of benzene rings is 3. The summed E-state index contributed by atoms with van der Waals surface area (Å²) in [7, 11) is 1.52. The predicted molar refractivity (Wildman–Crippen MR) is 136 cm³/mol. The number of carboxylic acids is 1. The van der Waals surface area contributed by atoms with Crippen molar-refractivity contribution >= 4 is 27.8 Å². The lowest BCUT2D eigenvalue weighted by atomic mass is 10.0. The molecule has 0 aliphatic rings. The highest BCUT2D eigenvalue weighted by Crippen LogP contribution is 2.40. The SMILES string of the molecule is COc1ccc2c(-c3c(C)n(Cc4ccc(F)c(O[C@@H](C)C(=O)O)c4)c4cc(OC(F)(F)F)ccc34)noc2c1. The molecule has 2 heterocycles. The van der Waals surface area contributed by atoms with E-state index in [-0.39, 0.29) is 12.3 Å². The van der Waals surface area contributed by atoms with E-state index >= 15 is 0 Å². The normalized spacial score (nSPS) is 12.6. The molecule has 0 aliphatic carbocycles. The van der Waals surface area contributed by atoms with Gasteiger partial charge in [-0.15, -0.1) is 13.2 Å². The first-order valence-corrected chi connectivity index (χ1v) is 12.0. The van der Waals surface area contributed by atoms with Gasteiger partial charge in [0.25, 0.3) is 0 Å². The first kappa shape index (κ1) is 26.9. The third-order valence-electron chi connectivity index (χ3n) is 6.43. The number of methoxy groups -OCH3 is 1. The van der Waals surface area contributed by atoms with Gasteiger partial charge in [-0.25, -0.2) is 9.18 Å². The summed E-state index contributed by atoms with van der Waals surface area (Å²) in [6, 6.07) is 13.1. The maximum atomic E-state index is 14.4. The Balaban J connectivity index is 1.66. The van der Waals surface area contributed by atoms with Crippen LogP contribution in [0.5, 0.6) is 17.2 Å². The zero-order valence-electron chi connectivity index (χ0n) is 21.4. The van der Waals surface area contributed by atoms with Crippen LogP contribution in [0.25, 0.3) is 33.1 Å². The molecule has 0 aliphatic heterocycles. The van der Waals surface area contributed by atoms with Crippen molar-refractivity contribution in [3.8, 4) is 28.5 Å². The number of rotatable bonds is 8. The smallest absolute Gasteiger partial charge is 0.497 e. The highest BCUT2D eigenvalue weighted by Gasteiger charge is 2.32. The molecular formula is C28H22F4N2O6. The summed E-state index contributed by atoms with van der Waals surface area (Å²) < 4.78 is 75.4. The van der Waals surface area contributed by atoms with Gasteiger partial charge in [-0.2, -0.15) is 0 Å². The lowest BCUT2D eigenvalue weighted by Crippen LogP contribution is -2.23. The van der Waals surface area contributed by atoms with Crippen LogP contribution in [0.2, 0.25) is 0 Å². The van der Waals surface area contributed by atoms with E-state index in [1.165, 1.54) is 44.4 Å². The van der Waals surface area contributed by atoms with Crippen LogP contribution in [0.3, 0.4) is 0 Å². The van der Waals surface area contributed by atoms with Gasteiger partial charge in [0.1, 0.15) is 17.2 Å². The van der Waals surface area contributed by atoms with Crippen LogP contribution in [0.1, 0.15) is 18.2 Å². The van der Waals surface area contributed by atoms with E-state index in [0.29, 0.717) is 50.1 Å². The van der Waals surface area contributed by atoms with E-state index in [4.69, 9.17) is 19.1 Å². The average Bonchev–Trinajstić information content (AvgIpc) is 3.42. The summed E-state index contributed by atoms with van der Waals surface area (Å²) in [5.74, 6) is -2.14. The van der Waals surface area contributed by atoms with Crippen molar-refractivity contribution in [2.24, 2.45) is 0 Å². The van der Waals surface area contributed by atoms with Gasteiger partial charge in [0.2, 0.25) is 0 Å². The van der Waals surface area contributed by atoms with Gasteiger partial charge in [-0.3, -0.25) is 0 Å². The third-order valence-corrected chi connectivity index (χ3v) is 6.43. The standard InChI is InChI=1S/C28H22F4N2O6/c1-14-25(26-20-8-5-17(37-3)12-23(20)40-33-26)19-7-6-18(39-28(30,31)32)11-22(19)34(14)13-16-4-9-21(29)24(10-16)38-15(2)27(35)36/h4-12,15H,13H2,1-3H3,(H,35,36)/t15-/m0/s1. The zero-order chi connectivity index (χ0) is 28.8. The van der Waals surface area contributed by atoms with Crippen LogP contribution in [0.15, 0.2) is 59.1 Å². The van der Waals surface area contributed by atoms with E-state index in [1.807, 2.05) is 0 Å². The Morgan fingerprint density at radius 1 is 1.07 bits per heavy atom. The van der Waals surface area contributed by atoms with E-state index in [0.717, 1.165) is 6.07 Å². The number of hydrogen-bond acceptors (Lipinski definition) is 6. The molecule has 0 radical (unpaired) electrons. The molecule has 3 aromatic carbocycles. The highest BCUT2D eigenvalue weighted by molar-refractivity contribution is 6.04. The zero-order valence-corrected chi connectivity index (χ0v) is 21.4. The van der Waals surface area contributed by atoms with Crippen molar-refractivity contribution in [1.82, 2.24) is 9.72 Å². The maximum absolute atomic E-state index is 14.4. The van der Waals surface area contributed by atoms with Crippen molar-refractivity contribution in [2.75, 3.05) is 7.11 Å². The topological polar surface area (TPSA) is 96.0 Å².